The fourth-order valence-corrected chi connectivity index (χ4v) is 2.91. The number of nitrogens with one attached hydrogen (secondary N) is 3. The zero-order chi connectivity index (χ0) is 21.8. The zero-order valence-corrected chi connectivity index (χ0v) is 15.3. The van der Waals surface area contributed by atoms with E-state index in [9.17, 15) is 36.5 Å². The van der Waals surface area contributed by atoms with Gasteiger partial charge in [-0.2, -0.15) is 13.2 Å². The molecule has 2 aromatic rings. The fraction of sp³-hybridized carbons (Fsp3) is 0.133. The third-order valence-electron chi connectivity index (χ3n) is 3.45. The summed E-state index contributed by atoms with van der Waals surface area (Å²) in [6.07, 6.45) is -4.77. The number of hydrogen-bond donors (Lipinski definition) is 3. The number of alkyl halides is 3. The zero-order valence-electron chi connectivity index (χ0n) is 14.5. The van der Waals surface area contributed by atoms with E-state index in [0.29, 0.717) is 12.1 Å². The fourth-order valence-electron chi connectivity index (χ4n) is 2.10. The normalized spacial score (nSPS) is 11.7. The lowest BCUT2D eigenvalue weighted by Gasteiger charge is -2.12. The first-order valence-electron chi connectivity index (χ1n) is 7.52. The molecule has 0 aliphatic heterocycles. The van der Waals surface area contributed by atoms with Crippen LogP contribution in [0, 0.1) is 10.1 Å². The van der Waals surface area contributed by atoms with Crippen LogP contribution in [-0.2, 0) is 21.0 Å². The maximum absolute atomic E-state index is 12.7. The molecule has 0 spiro atoms. The highest BCUT2D eigenvalue weighted by molar-refractivity contribution is 7.89. The number of rotatable bonds is 7. The second-order valence-corrected chi connectivity index (χ2v) is 7.03. The molecule has 0 aromatic heterocycles. The van der Waals surface area contributed by atoms with Crippen LogP contribution in [0.4, 0.5) is 24.5 Å². The van der Waals surface area contributed by atoms with Crippen molar-refractivity contribution in [2.45, 2.75) is 11.1 Å². The van der Waals surface area contributed by atoms with Gasteiger partial charge in [-0.1, -0.05) is 4.89 Å². The van der Waals surface area contributed by atoms with Gasteiger partial charge in [0.1, 0.15) is 5.69 Å². The van der Waals surface area contributed by atoms with Gasteiger partial charge in [0.05, 0.1) is 22.5 Å². The van der Waals surface area contributed by atoms with Crippen LogP contribution in [0.3, 0.4) is 0 Å². The van der Waals surface area contributed by atoms with Crippen LogP contribution in [-0.4, -0.2) is 26.4 Å². The minimum absolute atomic E-state index is 0.0246. The minimum Gasteiger partial charge on any atom is -0.292 e. The summed E-state index contributed by atoms with van der Waals surface area (Å²) in [5.41, 5.74) is 1.75. The average Bonchev–Trinajstić information content (AvgIpc) is 2.65. The number of nitro groups is 1. The van der Waals surface area contributed by atoms with E-state index in [2.05, 4.69) is 15.7 Å². The Morgan fingerprint density at radius 1 is 1.14 bits per heavy atom. The molecule has 0 unspecified atom stereocenters. The van der Waals surface area contributed by atoms with Gasteiger partial charge in [-0.05, 0) is 36.4 Å². The van der Waals surface area contributed by atoms with Crippen LogP contribution in [0.15, 0.2) is 47.4 Å². The van der Waals surface area contributed by atoms with Crippen LogP contribution in [0.5, 0.6) is 0 Å². The summed E-state index contributed by atoms with van der Waals surface area (Å²) >= 11 is 0. The number of nitrogens with zero attached hydrogens (tertiary/aromatic N) is 1. The second kappa shape index (κ2) is 8.42. The van der Waals surface area contributed by atoms with Crippen LogP contribution in [0.25, 0.3) is 0 Å². The van der Waals surface area contributed by atoms with E-state index in [-0.39, 0.29) is 16.1 Å². The molecule has 0 saturated heterocycles. The molecule has 0 saturated carbocycles. The van der Waals surface area contributed by atoms with E-state index < -0.39 is 38.3 Å². The number of benzene rings is 2. The molecule has 0 aliphatic carbocycles. The van der Waals surface area contributed by atoms with Crippen LogP contribution in [0.2, 0.25) is 0 Å². The largest absolute Gasteiger partial charge is 0.416 e. The molecule has 156 valence electrons. The molecule has 0 heterocycles. The van der Waals surface area contributed by atoms with Crippen molar-refractivity contribution in [2.75, 3.05) is 12.5 Å². The van der Waals surface area contributed by atoms with E-state index in [1.54, 1.807) is 4.89 Å². The number of carbonyl (C=O) groups excluding carboxylic acids is 1. The molecule has 14 heteroatoms. The van der Waals surface area contributed by atoms with Crippen molar-refractivity contribution in [2.24, 2.45) is 0 Å². The monoisotopic (exact) mass is 434 g/mol. The maximum Gasteiger partial charge on any atom is 0.416 e. The molecule has 2 aromatic carbocycles. The van der Waals surface area contributed by atoms with Crippen molar-refractivity contribution >= 4 is 27.3 Å². The molecular weight excluding hydrogens is 421 g/mol. The second-order valence-electron chi connectivity index (χ2n) is 5.38. The van der Waals surface area contributed by atoms with Gasteiger partial charge in [-0.3, -0.25) is 30.6 Å². The lowest BCUT2D eigenvalue weighted by atomic mass is 10.1. The van der Waals surface area contributed by atoms with E-state index >= 15 is 0 Å². The topological polar surface area (TPSA) is 140 Å². The molecule has 1 amide bonds. The van der Waals surface area contributed by atoms with Crippen LogP contribution in [0.1, 0.15) is 15.9 Å². The summed E-state index contributed by atoms with van der Waals surface area (Å²) in [5.74, 6) is -0.817. The van der Waals surface area contributed by atoms with Gasteiger partial charge >= 0.3 is 6.18 Å². The summed E-state index contributed by atoms with van der Waals surface area (Å²) < 4.78 is 61.5. The average molecular weight is 434 g/mol. The SMILES string of the molecule is CONS(=O)(=O)c1ccc(C(=O)NNc2ccc(C(F)(F)F)cc2[N+](=O)[O-])cc1. The molecule has 0 atom stereocenters. The van der Waals surface area contributed by atoms with Gasteiger partial charge in [-0.15, -0.1) is 0 Å². The highest BCUT2D eigenvalue weighted by Crippen LogP contribution is 2.34. The number of sulfonamides is 1. The third-order valence-corrected chi connectivity index (χ3v) is 4.73. The molecule has 0 radical (unpaired) electrons. The number of anilines is 1. The number of amides is 1. The molecule has 29 heavy (non-hydrogen) atoms. The van der Waals surface area contributed by atoms with Crippen LogP contribution < -0.4 is 15.7 Å². The summed E-state index contributed by atoms with van der Waals surface area (Å²) in [7, 11) is -2.82. The Hall–Kier alpha value is -3.23. The number of hydrazine groups is 1. The van der Waals surface area contributed by atoms with Crippen molar-refractivity contribution in [1.29, 1.82) is 0 Å². The van der Waals surface area contributed by atoms with Gasteiger partial charge in [-0.25, -0.2) is 8.42 Å². The summed E-state index contributed by atoms with van der Waals surface area (Å²) in [5, 5.41) is 11.0. The number of hydrogen-bond acceptors (Lipinski definition) is 7. The Labute approximate surface area is 161 Å². The standard InChI is InChI=1S/C15H13F3N4O6S/c1-28-21-29(26,27)11-5-2-9(3-6-11)14(23)20-19-12-7-4-10(15(16,17)18)8-13(12)22(24)25/h2-8,19,21H,1H3,(H,20,23). The molecule has 0 aliphatic rings. The van der Waals surface area contributed by atoms with Gasteiger partial charge in [0, 0.05) is 11.6 Å². The van der Waals surface area contributed by atoms with E-state index in [1.165, 1.54) is 0 Å². The van der Waals surface area contributed by atoms with Crippen molar-refractivity contribution in [3.05, 3.63) is 63.7 Å². The van der Waals surface area contributed by atoms with E-state index in [4.69, 9.17) is 0 Å². The predicted octanol–water partition coefficient (Wildman–Crippen LogP) is 2.21. The first-order valence-corrected chi connectivity index (χ1v) is 9.01. The van der Waals surface area contributed by atoms with Gasteiger partial charge < -0.3 is 0 Å². The third kappa shape index (κ3) is 5.40. The maximum atomic E-state index is 12.7. The summed E-state index contributed by atoms with van der Waals surface area (Å²) in [4.78, 5) is 28.0. The first kappa shape index (κ1) is 22.1. The predicted molar refractivity (Wildman–Crippen MR) is 93.0 cm³/mol. The highest BCUT2D eigenvalue weighted by Gasteiger charge is 2.33. The molecule has 10 nitrogen and oxygen atoms in total. The Morgan fingerprint density at radius 3 is 2.28 bits per heavy atom. The summed E-state index contributed by atoms with van der Waals surface area (Å²) in [6.45, 7) is 0. The van der Waals surface area contributed by atoms with Crippen molar-refractivity contribution < 1.29 is 36.1 Å². The van der Waals surface area contributed by atoms with Crippen LogP contribution >= 0.6 is 0 Å². The molecule has 0 fully saturated rings. The van der Waals surface area contributed by atoms with Crippen molar-refractivity contribution in [3.8, 4) is 0 Å². The number of carbonyl (C=O) groups is 1. The van der Waals surface area contributed by atoms with E-state index in [1.807, 2.05) is 0 Å². The van der Waals surface area contributed by atoms with Crippen molar-refractivity contribution in [3.63, 3.8) is 0 Å². The highest BCUT2D eigenvalue weighted by atomic mass is 32.2. The summed E-state index contributed by atoms with van der Waals surface area (Å²) in [6, 6.07) is 6.27. The Kier molecular flexibility index (Phi) is 6.41. The van der Waals surface area contributed by atoms with Gasteiger partial charge in [0.2, 0.25) is 0 Å². The van der Waals surface area contributed by atoms with E-state index in [0.717, 1.165) is 37.4 Å². The minimum atomic E-state index is -4.77. The quantitative estimate of drug-likeness (QED) is 0.448. The molecule has 0 bridgehead atoms. The Morgan fingerprint density at radius 2 is 1.76 bits per heavy atom. The molecular formula is C15H13F3N4O6S. The van der Waals surface area contributed by atoms with Crippen molar-refractivity contribution in [1.82, 2.24) is 10.3 Å². The smallest absolute Gasteiger partial charge is 0.292 e. The molecule has 2 rings (SSSR count). The first-order chi connectivity index (χ1) is 13.5. The number of halogens is 3. The number of nitro benzene ring substituents is 1. The van der Waals surface area contributed by atoms with Gasteiger partial charge in [0.15, 0.2) is 0 Å². The lowest BCUT2D eigenvalue weighted by molar-refractivity contribution is -0.384. The Bertz CT molecular complexity index is 1030. The van der Waals surface area contributed by atoms with Gasteiger partial charge in [0.25, 0.3) is 21.6 Å². The Balaban J connectivity index is 2.16. The lowest BCUT2D eigenvalue weighted by Crippen LogP contribution is -2.30. The molecule has 3 N–H and O–H groups in total.